The van der Waals surface area contributed by atoms with Gasteiger partial charge in [-0.25, -0.2) is 0 Å². The Morgan fingerprint density at radius 3 is 2.61 bits per heavy atom. The van der Waals surface area contributed by atoms with E-state index in [9.17, 15) is 4.79 Å². The van der Waals surface area contributed by atoms with Crippen LogP contribution in [0.25, 0.3) is 0 Å². The molecule has 2 N–H and O–H groups in total. The minimum atomic E-state index is -0.0359. The molecule has 0 aliphatic heterocycles. The standard InChI is InChI=1S/C14H22N2O2/c1-11-4-6-13(7-5-11)18-12(2)10-16-14(17)8-9-15-3/h4-7,12,15H,8-10H2,1-3H3,(H,16,17). The van der Waals surface area contributed by atoms with Crippen molar-refractivity contribution >= 4 is 5.91 Å². The molecule has 0 radical (unpaired) electrons. The zero-order chi connectivity index (χ0) is 13.4. The molecule has 0 saturated carbocycles. The molecule has 1 aromatic rings. The summed E-state index contributed by atoms with van der Waals surface area (Å²) in [5.74, 6) is 0.876. The summed E-state index contributed by atoms with van der Waals surface area (Å²) >= 11 is 0. The molecule has 18 heavy (non-hydrogen) atoms. The third-order valence-corrected chi connectivity index (χ3v) is 2.55. The Hall–Kier alpha value is -1.55. The Morgan fingerprint density at radius 1 is 1.33 bits per heavy atom. The molecule has 0 aliphatic carbocycles. The van der Waals surface area contributed by atoms with Crippen LogP contribution < -0.4 is 15.4 Å². The topological polar surface area (TPSA) is 50.4 Å². The van der Waals surface area contributed by atoms with Crippen LogP contribution in [0.5, 0.6) is 5.75 Å². The first-order valence-corrected chi connectivity index (χ1v) is 6.26. The molecule has 1 amide bonds. The summed E-state index contributed by atoms with van der Waals surface area (Å²) in [7, 11) is 1.83. The highest BCUT2D eigenvalue weighted by atomic mass is 16.5. The van der Waals surface area contributed by atoms with E-state index in [2.05, 4.69) is 10.6 Å². The molecule has 4 heteroatoms. The third-order valence-electron chi connectivity index (χ3n) is 2.55. The van der Waals surface area contributed by atoms with E-state index in [1.807, 2.05) is 45.2 Å². The van der Waals surface area contributed by atoms with Crippen molar-refractivity contribution in [1.82, 2.24) is 10.6 Å². The van der Waals surface area contributed by atoms with Gasteiger partial charge in [0.1, 0.15) is 11.9 Å². The number of carbonyl (C=O) groups excluding carboxylic acids is 1. The number of rotatable bonds is 7. The van der Waals surface area contributed by atoms with Gasteiger partial charge in [-0.2, -0.15) is 0 Å². The van der Waals surface area contributed by atoms with Crippen LogP contribution in [-0.4, -0.2) is 32.1 Å². The summed E-state index contributed by atoms with van der Waals surface area (Å²) in [4.78, 5) is 11.4. The minimum Gasteiger partial charge on any atom is -0.489 e. The van der Waals surface area contributed by atoms with E-state index in [-0.39, 0.29) is 12.0 Å². The normalized spacial score (nSPS) is 11.9. The number of amides is 1. The zero-order valence-corrected chi connectivity index (χ0v) is 11.3. The van der Waals surface area contributed by atoms with Crippen molar-refractivity contribution < 1.29 is 9.53 Å². The minimum absolute atomic E-state index is 0.0359. The van der Waals surface area contributed by atoms with Crippen molar-refractivity contribution in [2.24, 2.45) is 0 Å². The fourth-order valence-electron chi connectivity index (χ4n) is 1.48. The Labute approximate surface area is 109 Å². The average Bonchev–Trinajstić information content (AvgIpc) is 2.36. The van der Waals surface area contributed by atoms with E-state index in [0.29, 0.717) is 19.5 Å². The van der Waals surface area contributed by atoms with E-state index in [4.69, 9.17) is 4.74 Å². The molecule has 0 aliphatic rings. The van der Waals surface area contributed by atoms with Crippen LogP contribution in [0, 0.1) is 6.92 Å². The predicted octanol–water partition coefficient (Wildman–Crippen LogP) is 1.49. The largest absolute Gasteiger partial charge is 0.489 e. The van der Waals surface area contributed by atoms with Gasteiger partial charge >= 0.3 is 0 Å². The van der Waals surface area contributed by atoms with E-state index in [0.717, 1.165) is 5.75 Å². The van der Waals surface area contributed by atoms with Crippen molar-refractivity contribution in [2.75, 3.05) is 20.1 Å². The highest BCUT2D eigenvalue weighted by molar-refractivity contribution is 5.76. The van der Waals surface area contributed by atoms with Gasteiger partial charge < -0.3 is 15.4 Å². The molecule has 1 atom stereocenters. The SMILES string of the molecule is CNCCC(=O)NCC(C)Oc1ccc(C)cc1. The number of benzene rings is 1. The molecule has 0 fully saturated rings. The first kappa shape index (κ1) is 14.5. The molecule has 1 rings (SSSR count). The molecular formula is C14H22N2O2. The Morgan fingerprint density at radius 2 is 2.00 bits per heavy atom. The number of nitrogens with one attached hydrogen (secondary N) is 2. The maximum atomic E-state index is 11.4. The second kappa shape index (κ2) is 7.71. The highest BCUT2D eigenvalue weighted by Gasteiger charge is 2.06. The molecule has 0 aromatic heterocycles. The van der Waals surface area contributed by atoms with Gasteiger partial charge in [-0.05, 0) is 33.0 Å². The van der Waals surface area contributed by atoms with Gasteiger partial charge in [0.25, 0.3) is 0 Å². The fourth-order valence-corrected chi connectivity index (χ4v) is 1.48. The monoisotopic (exact) mass is 250 g/mol. The summed E-state index contributed by atoms with van der Waals surface area (Å²) in [5, 5.41) is 5.78. The van der Waals surface area contributed by atoms with Crippen molar-refractivity contribution in [3.8, 4) is 5.75 Å². The molecule has 0 saturated heterocycles. The van der Waals surface area contributed by atoms with Gasteiger partial charge in [0.15, 0.2) is 0 Å². The molecule has 0 heterocycles. The fraction of sp³-hybridized carbons (Fsp3) is 0.500. The van der Waals surface area contributed by atoms with Crippen molar-refractivity contribution in [3.63, 3.8) is 0 Å². The molecule has 1 aromatic carbocycles. The van der Waals surface area contributed by atoms with Crippen molar-refractivity contribution in [2.45, 2.75) is 26.4 Å². The first-order chi connectivity index (χ1) is 8.61. The summed E-state index contributed by atoms with van der Waals surface area (Å²) in [5.41, 5.74) is 1.20. The summed E-state index contributed by atoms with van der Waals surface area (Å²) in [6, 6.07) is 7.89. The van der Waals surface area contributed by atoms with Gasteiger partial charge in [-0.1, -0.05) is 17.7 Å². The lowest BCUT2D eigenvalue weighted by atomic mass is 10.2. The van der Waals surface area contributed by atoms with E-state index >= 15 is 0 Å². The van der Waals surface area contributed by atoms with E-state index in [1.54, 1.807) is 0 Å². The zero-order valence-electron chi connectivity index (χ0n) is 11.3. The first-order valence-electron chi connectivity index (χ1n) is 6.26. The molecule has 0 spiro atoms. The van der Waals surface area contributed by atoms with Crippen LogP contribution in [0.1, 0.15) is 18.9 Å². The molecular weight excluding hydrogens is 228 g/mol. The van der Waals surface area contributed by atoms with E-state index < -0.39 is 0 Å². The average molecular weight is 250 g/mol. The van der Waals surface area contributed by atoms with Crippen LogP contribution in [0.15, 0.2) is 24.3 Å². The quantitative estimate of drug-likeness (QED) is 0.771. The van der Waals surface area contributed by atoms with Gasteiger partial charge in [0, 0.05) is 13.0 Å². The van der Waals surface area contributed by atoms with Crippen LogP contribution in [-0.2, 0) is 4.79 Å². The van der Waals surface area contributed by atoms with Crippen molar-refractivity contribution in [3.05, 3.63) is 29.8 Å². The van der Waals surface area contributed by atoms with Crippen molar-refractivity contribution in [1.29, 1.82) is 0 Å². The lowest BCUT2D eigenvalue weighted by Gasteiger charge is -2.15. The summed E-state index contributed by atoms with van der Waals surface area (Å²) in [6.45, 7) is 5.20. The number of carbonyl (C=O) groups is 1. The summed E-state index contributed by atoms with van der Waals surface area (Å²) < 4.78 is 5.69. The maximum absolute atomic E-state index is 11.4. The van der Waals surface area contributed by atoms with Crippen LogP contribution >= 0.6 is 0 Å². The Kier molecular flexibility index (Phi) is 6.22. The van der Waals surface area contributed by atoms with Crippen LogP contribution in [0.2, 0.25) is 0 Å². The molecule has 4 nitrogen and oxygen atoms in total. The van der Waals surface area contributed by atoms with E-state index in [1.165, 1.54) is 5.56 Å². The Bertz CT molecular complexity index is 363. The predicted molar refractivity (Wildman–Crippen MR) is 72.8 cm³/mol. The number of hydrogen-bond donors (Lipinski definition) is 2. The van der Waals surface area contributed by atoms with Gasteiger partial charge in [0.2, 0.25) is 5.91 Å². The second-order valence-corrected chi connectivity index (χ2v) is 4.40. The second-order valence-electron chi connectivity index (χ2n) is 4.40. The third kappa shape index (κ3) is 5.68. The molecule has 1 unspecified atom stereocenters. The maximum Gasteiger partial charge on any atom is 0.221 e. The van der Waals surface area contributed by atoms with Crippen LogP contribution in [0.4, 0.5) is 0 Å². The number of ether oxygens (including phenoxy) is 1. The lowest BCUT2D eigenvalue weighted by molar-refractivity contribution is -0.121. The lowest BCUT2D eigenvalue weighted by Crippen LogP contribution is -2.34. The molecule has 100 valence electrons. The number of hydrogen-bond acceptors (Lipinski definition) is 3. The molecule has 0 bridgehead atoms. The smallest absolute Gasteiger partial charge is 0.221 e. The Balaban J connectivity index is 2.27. The van der Waals surface area contributed by atoms with Gasteiger partial charge in [-0.3, -0.25) is 4.79 Å². The summed E-state index contributed by atoms with van der Waals surface area (Å²) in [6.07, 6.45) is 0.458. The van der Waals surface area contributed by atoms with Gasteiger partial charge in [-0.15, -0.1) is 0 Å². The van der Waals surface area contributed by atoms with Gasteiger partial charge in [0.05, 0.1) is 6.54 Å². The number of aryl methyl sites for hydroxylation is 1. The highest BCUT2D eigenvalue weighted by Crippen LogP contribution is 2.12. The van der Waals surface area contributed by atoms with Crippen LogP contribution in [0.3, 0.4) is 0 Å².